The Morgan fingerprint density at radius 2 is 1.74 bits per heavy atom. The van der Waals surface area contributed by atoms with Gasteiger partial charge >= 0.3 is 5.97 Å². The molecule has 0 unspecified atom stereocenters. The predicted molar refractivity (Wildman–Crippen MR) is 125 cm³/mol. The van der Waals surface area contributed by atoms with Crippen LogP contribution in [0.1, 0.15) is 76.9 Å². The fourth-order valence-corrected chi connectivity index (χ4v) is 3.69. The van der Waals surface area contributed by atoms with Crippen LogP contribution in [-0.4, -0.2) is 47.4 Å². The number of ketones is 1. The molecular formula is C25H35NO8. The molecule has 188 valence electrons. The molecule has 3 atom stereocenters. The molecule has 0 amide bonds. The van der Waals surface area contributed by atoms with Crippen LogP contribution in [0.2, 0.25) is 0 Å². The Kier molecular flexibility index (Phi) is 11.9. The van der Waals surface area contributed by atoms with Gasteiger partial charge in [0, 0.05) is 24.6 Å². The number of esters is 1. The van der Waals surface area contributed by atoms with Crippen LogP contribution in [0, 0.1) is 10.1 Å². The normalized spacial score (nSPS) is 18.9. The van der Waals surface area contributed by atoms with Crippen LogP contribution < -0.4 is 0 Å². The van der Waals surface area contributed by atoms with Crippen molar-refractivity contribution in [2.75, 3.05) is 13.2 Å². The number of carbonyl (C=O) groups excluding carboxylic acids is 2. The van der Waals surface area contributed by atoms with Gasteiger partial charge in [-0.3, -0.25) is 19.7 Å². The second kappa shape index (κ2) is 14.6. The van der Waals surface area contributed by atoms with Crippen molar-refractivity contribution >= 4 is 17.4 Å². The monoisotopic (exact) mass is 477 g/mol. The summed E-state index contributed by atoms with van der Waals surface area (Å²) in [6.45, 7) is 3.55. The minimum atomic E-state index is -1.33. The Morgan fingerprint density at radius 3 is 2.32 bits per heavy atom. The molecule has 9 nitrogen and oxygen atoms in total. The number of unbranched alkanes of at least 4 members (excludes halogenated alkanes) is 7. The van der Waals surface area contributed by atoms with E-state index in [0.717, 1.165) is 19.3 Å². The molecule has 1 aromatic rings. The Balaban J connectivity index is 1.99. The van der Waals surface area contributed by atoms with Gasteiger partial charge in [-0.2, -0.15) is 0 Å². The lowest BCUT2D eigenvalue weighted by Gasteiger charge is -2.29. The molecule has 0 radical (unpaired) electrons. The molecule has 1 N–H and O–H groups in total. The van der Waals surface area contributed by atoms with Crippen molar-refractivity contribution in [2.24, 2.45) is 0 Å². The lowest BCUT2D eigenvalue weighted by atomic mass is 9.93. The summed E-state index contributed by atoms with van der Waals surface area (Å²) in [5.41, 5.74) is 0.237. The topological polar surface area (TPSA) is 125 Å². The maximum atomic E-state index is 12.9. The lowest BCUT2D eigenvalue weighted by molar-refractivity contribution is -0.384. The second-order valence-corrected chi connectivity index (χ2v) is 8.38. The number of non-ortho nitro benzene ring substituents is 1. The van der Waals surface area contributed by atoms with Gasteiger partial charge in [0.25, 0.3) is 5.69 Å². The maximum Gasteiger partial charge on any atom is 0.302 e. The lowest BCUT2D eigenvalue weighted by Crippen LogP contribution is -2.41. The molecule has 0 fully saturated rings. The van der Waals surface area contributed by atoms with Crippen molar-refractivity contribution in [3.05, 3.63) is 51.6 Å². The number of rotatable bonds is 15. The number of hydrogen-bond acceptors (Lipinski definition) is 8. The Morgan fingerprint density at radius 1 is 1.12 bits per heavy atom. The number of ether oxygens (including phenoxy) is 3. The van der Waals surface area contributed by atoms with Gasteiger partial charge in [-0.25, -0.2) is 0 Å². The second-order valence-electron chi connectivity index (χ2n) is 8.38. The summed E-state index contributed by atoms with van der Waals surface area (Å²) in [5, 5.41) is 21.7. The third-order valence-corrected chi connectivity index (χ3v) is 5.62. The van der Waals surface area contributed by atoms with Gasteiger partial charge < -0.3 is 19.3 Å². The summed E-state index contributed by atoms with van der Waals surface area (Å²) in [5.74, 6) is -1.08. The Bertz CT molecular complexity index is 836. The first-order chi connectivity index (χ1) is 16.3. The standard InChI is InChI=1S/C25H35NO8/c1-3-4-5-6-7-8-9-10-15-32-23-16-21(25(29)22(34-23)17-33-18(2)27)24(28)19-11-13-20(14-12-19)26(30)31/h11-14,16,22-24,28H,3-10,15,17H2,1-2H3/t22-,23+,24-/m1/s1. The van der Waals surface area contributed by atoms with Gasteiger partial charge in [0.05, 0.1) is 11.5 Å². The molecule has 34 heavy (non-hydrogen) atoms. The van der Waals surface area contributed by atoms with Crippen molar-refractivity contribution in [2.45, 2.75) is 83.7 Å². The van der Waals surface area contributed by atoms with E-state index >= 15 is 0 Å². The summed E-state index contributed by atoms with van der Waals surface area (Å²) in [6.07, 6.45) is 7.30. The van der Waals surface area contributed by atoms with Crippen LogP contribution in [0.15, 0.2) is 35.9 Å². The molecule has 1 aromatic carbocycles. The number of Topliss-reactive ketones (excluding diaryl/α,β-unsaturated/α-hetero) is 1. The third-order valence-electron chi connectivity index (χ3n) is 5.62. The molecule has 0 saturated carbocycles. The van der Waals surface area contributed by atoms with Crippen LogP contribution in [0.25, 0.3) is 0 Å². The fourth-order valence-electron chi connectivity index (χ4n) is 3.69. The van der Waals surface area contributed by atoms with E-state index in [1.807, 2.05) is 0 Å². The molecule has 0 aliphatic carbocycles. The van der Waals surface area contributed by atoms with Crippen LogP contribution in [-0.2, 0) is 23.8 Å². The highest BCUT2D eigenvalue weighted by atomic mass is 16.7. The quantitative estimate of drug-likeness (QED) is 0.169. The molecule has 0 spiro atoms. The zero-order chi connectivity index (χ0) is 24.9. The summed E-state index contributed by atoms with van der Waals surface area (Å²) >= 11 is 0. The first-order valence-electron chi connectivity index (χ1n) is 11.9. The first kappa shape index (κ1) is 27.6. The van der Waals surface area contributed by atoms with E-state index in [9.17, 15) is 24.8 Å². The van der Waals surface area contributed by atoms with Crippen molar-refractivity contribution in [1.29, 1.82) is 0 Å². The average molecular weight is 478 g/mol. The van der Waals surface area contributed by atoms with E-state index < -0.39 is 35.2 Å². The number of aliphatic hydroxyl groups excluding tert-OH is 1. The molecule has 2 rings (SSSR count). The highest BCUT2D eigenvalue weighted by Crippen LogP contribution is 2.30. The fraction of sp³-hybridized carbons (Fsp3) is 0.600. The number of hydrogen-bond donors (Lipinski definition) is 1. The van der Waals surface area contributed by atoms with E-state index in [1.165, 1.54) is 69.4 Å². The molecule has 1 heterocycles. The number of carbonyl (C=O) groups is 2. The molecule has 1 aliphatic heterocycles. The van der Waals surface area contributed by atoms with Crippen molar-refractivity contribution in [1.82, 2.24) is 0 Å². The average Bonchev–Trinajstić information content (AvgIpc) is 2.82. The highest BCUT2D eigenvalue weighted by Gasteiger charge is 2.36. The summed E-state index contributed by atoms with van der Waals surface area (Å²) in [4.78, 5) is 34.4. The van der Waals surface area contributed by atoms with Gasteiger partial charge in [0.15, 0.2) is 18.2 Å². The third kappa shape index (κ3) is 8.96. The van der Waals surface area contributed by atoms with E-state index in [2.05, 4.69) is 6.92 Å². The van der Waals surface area contributed by atoms with E-state index in [-0.39, 0.29) is 17.9 Å². The zero-order valence-electron chi connectivity index (χ0n) is 19.9. The Labute approximate surface area is 200 Å². The maximum absolute atomic E-state index is 12.9. The molecule has 0 bridgehead atoms. The molecule has 1 aliphatic rings. The summed E-state index contributed by atoms with van der Waals surface area (Å²) in [7, 11) is 0. The van der Waals surface area contributed by atoms with Crippen LogP contribution in [0.5, 0.6) is 0 Å². The van der Waals surface area contributed by atoms with Crippen molar-refractivity contribution in [3.63, 3.8) is 0 Å². The van der Waals surface area contributed by atoms with Crippen molar-refractivity contribution < 1.29 is 33.8 Å². The largest absolute Gasteiger partial charge is 0.463 e. The van der Waals surface area contributed by atoms with Crippen LogP contribution in [0.4, 0.5) is 5.69 Å². The smallest absolute Gasteiger partial charge is 0.302 e. The van der Waals surface area contributed by atoms with Gasteiger partial charge in [-0.05, 0) is 30.2 Å². The number of nitrogens with zero attached hydrogens (tertiary/aromatic N) is 1. The predicted octanol–water partition coefficient (Wildman–Crippen LogP) is 4.57. The van der Waals surface area contributed by atoms with Gasteiger partial charge in [-0.1, -0.05) is 51.9 Å². The number of benzene rings is 1. The van der Waals surface area contributed by atoms with Gasteiger partial charge in [-0.15, -0.1) is 0 Å². The molecule has 0 saturated heterocycles. The van der Waals surface area contributed by atoms with E-state index in [0.29, 0.717) is 12.2 Å². The summed E-state index contributed by atoms with van der Waals surface area (Å²) < 4.78 is 16.4. The highest BCUT2D eigenvalue weighted by molar-refractivity contribution is 6.00. The minimum Gasteiger partial charge on any atom is -0.463 e. The number of aliphatic hydroxyl groups is 1. The van der Waals surface area contributed by atoms with Crippen molar-refractivity contribution in [3.8, 4) is 0 Å². The summed E-state index contributed by atoms with van der Waals surface area (Å²) in [6, 6.07) is 5.30. The van der Waals surface area contributed by atoms with E-state index in [4.69, 9.17) is 14.2 Å². The van der Waals surface area contributed by atoms with E-state index in [1.54, 1.807) is 0 Å². The molecular weight excluding hydrogens is 442 g/mol. The van der Waals surface area contributed by atoms with Crippen LogP contribution >= 0.6 is 0 Å². The van der Waals surface area contributed by atoms with Gasteiger partial charge in [0.1, 0.15) is 12.7 Å². The zero-order valence-corrected chi connectivity index (χ0v) is 19.9. The molecule has 9 heteroatoms. The Hall–Kier alpha value is -2.62. The minimum absolute atomic E-state index is 0.0400. The first-order valence-corrected chi connectivity index (χ1v) is 11.9. The SMILES string of the molecule is CCCCCCCCCCO[C@@H]1C=C([C@H](O)c2ccc([N+](=O)[O-])cc2)C(=O)[C@@H](COC(C)=O)O1. The number of nitro groups is 1. The van der Waals surface area contributed by atoms with Crippen LogP contribution in [0.3, 0.4) is 0 Å². The molecule has 0 aromatic heterocycles. The van der Waals surface area contributed by atoms with Gasteiger partial charge in [0.2, 0.25) is 0 Å². The number of nitro benzene ring substituents is 1.